The number of hydrogen-bond acceptors (Lipinski definition) is 2. The molecule has 2 rings (SSSR count). The Labute approximate surface area is 138 Å². The second-order valence-electron chi connectivity index (χ2n) is 6.20. The molecule has 0 unspecified atom stereocenters. The molecular weight excluding hydrogens is 286 g/mol. The van der Waals surface area contributed by atoms with Gasteiger partial charge in [0.1, 0.15) is 0 Å². The fourth-order valence-corrected chi connectivity index (χ4v) is 2.94. The van der Waals surface area contributed by atoms with Gasteiger partial charge in [0.15, 0.2) is 0 Å². The molecule has 0 bridgehead atoms. The van der Waals surface area contributed by atoms with E-state index in [1.54, 1.807) is 0 Å². The second kappa shape index (κ2) is 9.29. The van der Waals surface area contributed by atoms with E-state index in [2.05, 4.69) is 25.1 Å². The molecule has 1 N–H and O–H groups in total. The first-order valence-corrected chi connectivity index (χ1v) is 8.80. The molecule has 0 atom stereocenters. The van der Waals surface area contributed by atoms with E-state index < -0.39 is 5.97 Å². The highest BCUT2D eigenvalue weighted by molar-refractivity contribution is 5.79. The standard InChI is InChI=1S/C20H27NO2/c1-2-3-4-5-12-18-17(11-7-9-14-20(22)23)15-16-10-6-8-13-19(16)21-18/h6,8,10,13,15H,2-5,7,9,11-12,14H2,1H3,(H,22,23). The Bertz CT molecular complexity index is 637. The van der Waals surface area contributed by atoms with Crippen molar-refractivity contribution >= 4 is 16.9 Å². The number of carbonyl (C=O) groups is 1. The molecule has 0 amide bonds. The Morgan fingerprint density at radius 1 is 1.04 bits per heavy atom. The molecule has 23 heavy (non-hydrogen) atoms. The lowest BCUT2D eigenvalue weighted by Gasteiger charge is -2.11. The Balaban J connectivity index is 2.08. The van der Waals surface area contributed by atoms with Gasteiger partial charge in [0.2, 0.25) is 0 Å². The molecule has 2 aromatic rings. The summed E-state index contributed by atoms with van der Waals surface area (Å²) >= 11 is 0. The summed E-state index contributed by atoms with van der Waals surface area (Å²) < 4.78 is 0. The summed E-state index contributed by atoms with van der Waals surface area (Å²) in [5.74, 6) is -0.707. The largest absolute Gasteiger partial charge is 0.481 e. The smallest absolute Gasteiger partial charge is 0.303 e. The minimum Gasteiger partial charge on any atom is -0.481 e. The van der Waals surface area contributed by atoms with Gasteiger partial charge < -0.3 is 5.11 Å². The molecule has 1 heterocycles. The van der Waals surface area contributed by atoms with Crippen molar-refractivity contribution in [3.8, 4) is 0 Å². The molecule has 0 saturated carbocycles. The molecule has 1 aromatic carbocycles. The van der Waals surface area contributed by atoms with Crippen LogP contribution in [-0.2, 0) is 17.6 Å². The highest BCUT2D eigenvalue weighted by Gasteiger charge is 2.07. The minimum atomic E-state index is -0.707. The van der Waals surface area contributed by atoms with Crippen LogP contribution in [-0.4, -0.2) is 16.1 Å². The van der Waals surface area contributed by atoms with Gasteiger partial charge in [0.05, 0.1) is 5.52 Å². The van der Waals surface area contributed by atoms with Gasteiger partial charge in [-0.15, -0.1) is 0 Å². The predicted molar refractivity (Wildman–Crippen MR) is 94.8 cm³/mol. The van der Waals surface area contributed by atoms with Crippen LogP contribution in [0.5, 0.6) is 0 Å². The topological polar surface area (TPSA) is 50.2 Å². The van der Waals surface area contributed by atoms with Gasteiger partial charge >= 0.3 is 5.97 Å². The van der Waals surface area contributed by atoms with Gasteiger partial charge in [-0.05, 0) is 49.8 Å². The lowest BCUT2D eigenvalue weighted by Crippen LogP contribution is -2.01. The molecular formula is C20H27NO2. The van der Waals surface area contributed by atoms with Gasteiger partial charge in [-0.1, -0.05) is 44.4 Å². The first-order chi connectivity index (χ1) is 11.2. The van der Waals surface area contributed by atoms with Gasteiger partial charge in [-0.25, -0.2) is 0 Å². The van der Waals surface area contributed by atoms with Gasteiger partial charge in [0, 0.05) is 17.5 Å². The third kappa shape index (κ3) is 5.66. The molecule has 0 fully saturated rings. The van der Waals surface area contributed by atoms with Crippen molar-refractivity contribution in [2.75, 3.05) is 0 Å². The van der Waals surface area contributed by atoms with E-state index >= 15 is 0 Å². The molecule has 1 aromatic heterocycles. The summed E-state index contributed by atoms with van der Waals surface area (Å²) in [6.45, 7) is 2.22. The highest BCUT2D eigenvalue weighted by Crippen LogP contribution is 2.20. The van der Waals surface area contributed by atoms with Crippen LogP contribution in [0, 0.1) is 0 Å². The molecule has 0 spiro atoms. The van der Waals surface area contributed by atoms with Crippen molar-refractivity contribution in [3.05, 3.63) is 41.6 Å². The van der Waals surface area contributed by atoms with Crippen LogP contribution in [0.15, 0.2) is 30.3 Å². The van der Waals surface area contributed by atoms with E-state index in [4.69, 9.17) is 10.1 Å². The zero-order valence-corrected chi connectivity index (χ0v) is 14.1. The zero-order valence-electron chi connectivity index (χ0n) is 14.1. The lowest BCUT2D eigenvalue weighted by atomic mass is 9.99. The summed E-state index contributed by atoms with van der Waals surface area (Å²) in [7, 11) is 0. The number of aliphatic carboxylic acids is 1. The Hall–Kier alpha value is -1.90. The third-order valence-electron chi connectivity index (χ3n) is 4.25. The maximum absolute atomic E-state index is 10.6. The Kier molecular flexibility index (Phi) is 7.05. The molecule has 3 heteroatoms. The maximum Gasteiger partial charge on any atom is 0.303 e. The molecule has 0 aliphatic rings. The number of nitrogens with zero attached hydrogens (tertiary/aromatic N) is 1. The molecule has 0 saturated heterocycles. The summed E-state index contributed by atoms with van der Waals surface area (Å²) in [5.41, 5.74) is 3.56. The lowest BCUT2D eigenvalue weighted by molar-refractivity contribution is -0.137. The fraction of sp³-hybridized carbons (Fsp3) is 0.500. The molecule has 0 aliphatic carbocycles. The average Bonchev–Trinajstić information content (AvgIpc) is 2.55. The van der Waals surface area contributed by atoms with Crippen LogP contribution < -0.4 is 0 Å². The Morgan fingerprint density at radius 2 is 1.83 bits per heavy atom. The summed E-state index contributed by atoms with van der Waals surface area (Å²) in [6.07, 6.45) is 8.81. The summed E-state index contributed by atoms with van der Waals surface area (Å²) in [4.78, 5) is 15.5. The van der Waals surface area contributed by atoms with Crippen LogP contribution in [0.4, 0.5) is 0 Å². The maximum atomic E-state index is 10.6. The first kappa shape index (κ1) is 17.5. The van der Waals surface area contributed by atoms with Crippen molar-refractivity contribution in [1.29, 1.82) is 0 Å². The number of benzene rings is 1. The average molecular weight is 313 g/mol. The molecule has 124 valence electrons. The number of pyridine rings is 1. The predicted octanol–water partition coefficient (Wildman–Crippen LogP) is 5.16. The quantitative estimate of drug-likeness (QED) is 0.617. The summed E-state index contributed by atoms with van der Waals surface area (Å²) in [5, 5.41) is 9.94. The number of carboxylic acids is 1. The van der Waals surface area contributed by atoms with E-state index in [-0.39, 0.29) is 6.42 Å². The monoisotopic (exact) mass is 313 g/mol. The SMILES string of the molecule is CCCCCCc1nc2ccccc2cc1CCCCC(=O)O. The van der Waals surface area contributed by atoms with Crippen LogP contribution in [0.3, 0.4) is 0 Å². The Morgan fingerprint density at radius 3 is 2.61 bits per heavy atom. The van der Waals surface area contributed by atoms with Crippen LogP contribution in [0.25, 0.3) is 10.9 Å². The fourth-order valence-electron chi connectivity index (χ4n) is 2.94. The number of unbranched alkanes of at least 4 members (excludes halogenated alkanes) is 4. The number of fused-ring (bicyclic) bond motifs is 1. The van der Waals surface area contributed by atoms with Crippen LogP contribution in [0.1, 0.15) is 63.1 Å². The number of aromatic nitrogens is 1. The van der Waals surface area contributed by atoms with E-state index in [9.17, 15) is 4.79 Å². The molecule has 0 aliphatic heterocycles. The van der Waals surface area contributed by atoms with Crippen molar-refractivity contribution in [2.24, 2.45) is 0 Å². The summed E-state index contributed by atoms with van der Waals surface area (Å²) in [6, 6.07) is 10.5. The normalized spacial score (nSPS) is 11.0. The number of hydrogen-bond donors (Lipinski definition) is 1. The highest BCUT2D eigenvalue weighted by atomic mass is 16.4. The van der Waals surface area contributed by atoms with Crippen LogP contribution in [0.2, 0.25) is 0 Å². The molecule has 3 nitrogen and oxygen atoms in total. The number of para-hydroxylation sites is 1. The van der Waals surface area contributed by atoms with Crippen molar-refractivity contribution < 1.29 is 9.90 Å². The van der Waals surface area contributed by atoms with Crippen molar-refractivity contribution in [2.45, 2.75) is 64.7 Å². The van der Waals surface area contributed by atoms with E-state index in [1.807, 2.05) is 12.1 Å². The van der Waals surface area contributed by atoms with Crippen molar-refractivity contribution in [1.82, 2.24) is 4.98 Å². The second-order valence-corrected chi connectivity index (χ2v) is 6.20. The number of rotatable bonds is 10. The number of carboxylic acid groups (broad SMARTS) is 1. The van der Waals surface area contributed by atoms with E-state index in [0.717, 1.165) is 31.2 Å². The minimum absolute atomic E-state index is 0.257. The van der Waals surface area contributed by atoms with Crippen LogP contribution >= 0.6 is 0 Å². The van der Waals surface area contributed by atoms with Gasteiger partial charge in [0.25, 0.3) is 0 Å². The third-order valence-corrected chi connectivity index (χ3v) is 4.25. The van der Waals surface area contributed by atoms with Gasteiger partial charge in [-0.3, -0.25) is 9.78 Å². The first-order valence-electron chi connectivity index (χ1n) is 8.80. The van der Waals surface area contributed by atoms with E-state index in [0.29, 0.717) is 0 Å². The molecule has 0 radical (unpaired) electrons. The van der Waals surface area contributed by atoms with Crippen molar-refractivity contribution in [3.63, 3.8) is 0 Å². The van der Waals surface area contributed by atoms with E-state index in [1.165, 1.54) is 42.3 Å². The van der Waals surface area contributed by atoms with Gasteiger partial charge in [-0.2, -0.15) is 0 Å². The zero-order chi connectivity index (χ0) is 16.5. The number of aryl methyl sites for hydroxylation is 2.